The largest absolute Gasteiger partial charge is 0.472 e. The third kappa shape index (κ3) is 4.53. The standard InChI is InChI=1S/C11H11F3N2O2.C11H10F3NO3/c1-6-9(18-7(2)16-6)10(15,11(12,13)14)8-3-4-17-5-8;1-6-9(18-7(2)15-6)10(16,11(12,13)14)8-3-4-17-5-8/h3-5H,15H2,1-2H3;3-5,16H,1-2H3. The first-order valence-corrected chi connectivity index (χ1v) is 10.1. The first kappa shape index (κ1) is 27.1. The van der Waals surface area contributed by atoms with Crippen LogP contribution in [0.1, 0.15) is 45.8 Å². The molecule has 0 aliphatic rings. The van der Waals surface area contributed by atoms with E-state index in [9.17, 15) is 31.4 Å². The van der Waals surface area contributed by atoms with Gasteiger partial charge in [0.05, 0.1) is 36.4 Å². The maximum atomic E-state index is 13.3. The van der Waals surface area contributed by atoms with Crippen LogP contribution in [0.3, 0.4) is 0 Å². The lowest BCUT2D eigenvalue weighted by atomic mass is 9.88. The highest BCUT2D eigenvalue weighted by atomic mass is 19.4. The molecular formula is C22H21F6N3O5. The second-order valence-corrected chi connectivity index (χ2v) is 7.83. The van der Waals surface area contributed by atoms with Crippen molar-refractivity contribution in [2.45, 2.75) is 51.2 Å². The average Bonchev–Trinajstić information content (AvgIpc) is 3.54. The van der Waals surface area contributed by atoms with Gasteiger partial charge in [0.25, 0.3) is 0 Å². The lowest BCUT2D eigenvalue weighted by molar-refractivity contribution is -0.254. The van der Waals surface area contributed by atoms with Crippen molar-refractivity contribution < 1.29 is 49.1 Å². The monoisotopic (exact) mass is 521 g/mol. The molecule has 0 radical (unpaired) electrons. The van der Waals surface area contributed by atoms with Gasteiger partial charge < -0.3 is 28.5 Å². The van der Waals surface area contributed by atoms with Gasteiger partial charge in [-0.15, -0.1) is 0 Å². The van der Waals surface area contributed by atoms with Crippen LogP contribution in [0.4, 0.5) is 26.3 Å². The van der Waals surface area contributed by atoms with Gasteiger partial charge in [-0.05, 0) is 26.0 Å². The van der Waals surface area contributed by atoms with E-state index in [1.807, 2.05) is 0 Å². The van der Waals surface area contributed by atoms with Crippen molar-refractivity contribution >= 4 is 0 Å². The van der Waals surface area contributed by atoms with Crippen molar-refractivity contribution in [1.29, 1.82) is 0 Å². The van der Waals surface area contributed by atoms with Crippen LogP contribution in [-0.2, 0) is 11.1 Å². The van der Waals surface area contributed by atoms with E-state index in [1.54, 1.807) is 0 Å². The molecule has 0 aliphatic carbocycles. The summed E-state index contributed by atoms with van der Waals surface area (Å²) in [5.41, 5.74) is -1.05. The van der Waals surface area contributed by atoms with Crippen molar-refractivity contribution in [3.8, 4) is 0 Å². The highest BCUT2D eigenvalue weighted by Gasteiger charge is 2.60. The maximum absolute atomic E-state index is 13.3. The van der Waals surface area contributed by atoms with Crippen LogP contribution in [-0.4, -0.2) is 27.4 Å². The molecule has 36 heavy (non-hydrogen) atoms. The number of hydrogen-bond donors (Lipinski definition) is 2. The number of alkyl halides is 6. The number of nitrogens with zero attached hydrogens (tertiary/aromatic N) is 2. The molecule has 0 saturated carbocycles. The van der Waals surface area contributed by atoms with Crippen LogP contribution in [0.15, 0.2) is 54.9 Å². The van der Waals surface area contributed by atoms with E-state index in [2.05, 4.69) is 18.8 Å². The second-order valence-electron chi connectivity index (χ2n) is 7.83. The number of furan rings is 2. The Hall–Kier alpha value is -3.52. The first-order valence-electron chi connectivity index (χ1n) is 10.1. The van der Waals surface area contributed by atoms with Crippen LogP contribution in [0, 0.1) is 27.7 Å². The van der Waals surface area contributed by atoms with Gasteiger partial charge in [-0.2, -0.15) is 26.3 Å². The molecule has 0 saturated heterocycles. The smallest absolute Gasteiger partial charge is 0.429 e. The van der Waals surface area contributed by atoms with Crippen molar-refractivity contribution in [3.63, 3.8) is 0 Å². The quantitative estimate of drug-likeness (QED) is 0.345. The Bertz CT molecular complexity index is 1190. The first-order chi connectivity index (χ1) is 16.5. The molecule has 4 aromatic heterocycles. The zero-order valence-electron chi connectivity index (χ0n) is 19.3. The van der Waals surface area contributed by atoms with Crippen molar-refractivity contribution in [3.05, 3.63) is 83.0 Å². The van der Waals surface area contributed by atoms with E-state index in [0.29, 0.717) is 0 Å². The van der Waals surface area contributed by atoms with Crippen LogP contribution in [0.2, 0.25) is 0 Å². The third-order valence-corrected chi connectivity index (χ3v) is 5.27. The van der Waals surface area contributed by atoms with Gasteiger partial charge in [-0.3, -0.25) is 0 Å². The minimum atomic E-state index is -4.95. The van der Waals surface area contributed by atoms with Gasteiger partial charge in [-0.25, -0.2) is 9.97 Å². The minimum absolute atomic E-state index is 0.0199. The average molecular weight is 521 g/mol. The zero-order valence-corrected chi connectivity index (χ0v) is 19.3. The summed E-state index contributed by atoms with van der Waals surface area (Å²) in [6, 6.07) is 2.19. The van der Waals surface area contributed by atoms with Crippen molar-refractivity contribution in [2.75, 3.05) is 0 Å². The van der Waals surface area contributed by atoms with Crippen LogP contribution in [0.25, 0.3) is 0 Å². The molecule has 4 rings (SSSR count). The summed E-state index contributed by atoms with van der Waals surface area (Å²) in [6.07, 6.45) is -5.73. The molecule has 196 valence electrons. The number of halogens is 6. The molecule has 2 unspecified atom stereocenters. The highest BCUT2D eigenvalue weighted by Crippen LogP contribution is 2.46. The predicted molar refractivity (Wildman–Crippen MR) is 109 cm³/mol. The molecule has 0 fully saturated rings. The molecule has 8 nitrogen and oxygen atoms in total. The second kappa shape index (κ2) is 9.17. The molecule has 0 aliphatic heterocycles. The Labute approximate surface area is 199 Å². The molecule has 0 bridgehead atoms. The molecular weight excluding hydrogens is 500 g/mol. The molecule has 0 spiro atoms. The van der Waals surface area contributed by atoms with Crippen LogP contribution in [0.5, 0.6) is 0 Å². The number of aliphatic hydroxyl groups is 1. The van der Waals surface area contributed by atoms with Crippen molar-refractivity contribution in [2.24, 2.45) is 5.73 Å². The topological polar surface area (TPSA) is 125 Å². The fourth-order valence-corrected chi connectivity index (χ4v) is 3.57. The molecule has 3 N–H and O–H groups in total. The summed E-state index contributed by atoms with van der Waals surface area (Å²) in [5, 5.41) is 10.1. The number of aryl methyl sites for hydroxylation is 4. The fourth-order valence-electron chi connectivity index (χ4n) is 3.57. The van der Waals surface area contributed by atoms with Crippen LogP contribution < -0.4 is 5.73 Å². The zero-order chi connectivity index (χ0) is 27.1. The number of aromatic nitrogens is 2. The molecule has 0 aromatic carbocycles. The Morgan fingerprint density at radius 2 is 1.17 bits per heavy atom. The van der Waals surface area contributed by atoms with Gasteiger partial charge in [-0.1, -0.05) is 0 Å². The number of rotatable bonds is 4. The van der Waals surface area contributed by atoms with Gasteiger partial charge in [0.1, 0.15) is 0 Å². The van der Waals surface area contributed by atoms with E-state index < -0.39 is 40.6 Å². The summed E-state index contributed by atoms with van der Waals surface area (Å²) >= 11 is 0. The van der Waals surface area contributed by atoms with E-state index in [4.69, 9.17) is 14.6 Å². The van der Waals surface area contributed by atoms with E-state index >= 15 is 0 Å². The van der Waals surface area contributed by atoms with Gasteiger partial charge in [0.2, 0.25) is 11.1 Å². The Kier molecular flexibility index (Phi) is 6.89. The van der Waals surface area contributed by atoms with Crippen molar-refractivity contribution in [1.82, 2.24) is 9.97 Å². The van der Waals surface area contributed by atoms with Gasteiger partial charge in [0.15, 0.2) is 23.3 Å². The van der Waals surface area contributed by atoms with E-state index in [0.717, 1.165) is 37.2 Å². The Morgan fingerprint density at radius 1 is 0.722 bits per heavy atom. The Morgan fingerprint density at radius 3 is 1.50 bits per heavy atom. The van der Waals surface area contributed by atoms with E-state index in [1.165, 1.54) is 27.7 Å². The Balaban J connectivity index is 0.000000201. The number of nitrogens with two attached hydrogens (primary N) is 1. The molecule has 0 amide bonds. The summed E-state index contributed by atoms with van der Waals surface area (Å²) < 4.78 is 98.6. The SMILES string of the molecule is Cc1nc(C)c(C(N)(c2ccoc2)C(F)(F)F)o1.Cc1nc(C)c(C(O)(c2ccoc2)C(F)(F)F)o1. The van der Waals surface area contributed by atoms with Gasteiger partial charge in [0, 0.05) is 25.0 Å². The summed E-state index contributed by atoms with van der Waals surface area (Å²) in [6.45, 7) is 5.62. The molecule has 4 heterocycles. The normalized spacial score (nSPS) is 15.7. The molecule has 2 atom stereocenters. The fraction of sp³-hybridized carbons (Fsp3) is 0.364. The van der Waals surface area contributed by atoms with Crippen LogP contribution >= 0.6 is 0 Å². The number of oxazole rings is 2. The van der Waals surface area contributed by atoms with E-state index in [-0.39, 0.29) is 28.7 Å². The third-order valence-electron chi connectivity index (χ3n) is 5.27. The predicted octanol–water partition coefficient (Wildman–Crippen LogP) is 5.33. The lowest BCUT2D eigenvalue weighted by Crippen LogP contribution is -2.51. The maximum Gasteiger partial charge on any atom is 0.429 e. The summed E-state index contributed by atoms with van der Waals surface area (Å²) in [4.78, 5) is 7.57. The molecule has 4 aromatic rings. The highest BCUT2D eigenvalue weighted by molar-refractivity contribution is 5.35. The summed E-state index contributed by atoms with van der Waals surface area (Å²) in [5.74, 6) is -0.887. The van der Waals surface area contributed by atoms with Gasteiger partial charge >= 0.3 is 12.4 Å². The molecule has 14 heteroatoms. The lowest BCUT2D eigenvalue weighted by Gasteiger charge is -2.29. The minimum Gasteiger partial charge on any atom is -0.472 e. The summed E-state index contributed by atoms with van der Waals surface area (Å²) in [7, 11) is 0. The number of hydrogen-bond acceptors (Lipinski definition) is 8.